The van der Waals surface area contributed by atoms with Gasteiger partial charge in [-0.25, -0.2) is 9.37 Å². The van der Waals surface area contributed by atoms with Gasteiger partial charge in [-0.3, -0.25) is 9.59 Å². The Morgan fingerprint density at radius 2 is 2.12 bits per heavy atom. The van der Waals surface area contributed by atoms with Crippen molar-refractivity contribution in [1.29, 1.82) is 0 Å². The molecule has 3 aromatic rings. The van der Waals surface area contributed by atoms with E-state index >= 15 is 0 Å². The summed E-state index contributed by atoms with van der Waals surface area (Å²) in [5.74, 6) is -1.44. The van der Waals surface area contributed by atoms with E-state index in [4.69, 9.17) is 11.6 Å². The van der Waals surface area contributed by atoms with Gasteiger partial charge in [0.2, 0.25) is 0 Å². The number of nitrogens with zero attached hydrogens (tertiary/aromatic N) is 1. The van der Waals surface area contributed by atoms with Crippen LogP contribution in [0.15, 0.2) is 41.3 Å². The second kappa shape index (κ2) is 6.41. The van der Waals surface area contributed by atoms with Gasteiger partial charge in [0.25, 0.3) is 5.56 Å². The van der Waals surface area contributed by atoms with Crippen LogP contribution < -0.4 is 5.56 Å². The van der Waals surface area contributed by atoms with Gasteiger partial charge in [0.05, 0.1) is 10.4 Å². The molecule has 0 aliphatic heterocycles. The zero-order valence-corrected chi connectivity index (χ0v) is 13.1. The number of benzene rings is 1. The van der Waals surface area contributed by atoms with E-state index in [-0.39, 0.29) is 34.8 Å². The molecule has 2 N–H and O–H groups in total. The number of aromatic nitrogens is 2. The predicted octanol–water partition coefficient (Wildman–Crippen LogP) is 3.24. The number of nitrogens with one attached hydrogen (secondary N) is 1. The van der Waals surface area contributed by atoms with E-state index in [1.165, 1.54) is 24.4 Å². The zero-order chi connectivity index (χ0) is 17.3. The summed E-state index contributed by atoms with van der Waals surface area (Å²) in [6.45, 7) is 0. The van der Waals surface area contributed by atoms with Gasteiger partial charge in [-0.05, 0) is 36.2 Å². The summed E-state index contributed by atoms with van der Waals surface area (Å²) >= 11 is 5.70. The number of aromatic amines is 1. The van der Waals surface area contributed by atoms with Crippen LogP contribution >= 0.6 is 11.6 Å². The average Bonchev–Trinajstić information content (AvgIpc) is 2.56. The molecular weight excluding hydrogens is 335 g/mol. The van der Waals surface area contributed by atoms with Crippen molar-refractivity contribution in [2.45, 2.75) is 12.8 Å². The Labute approximate surface area is 140 Å². The van der Waals surface area contributed by atoms with Gasteiger partial charge >= 0.3 is 0 Å². The number of carbonyl (C=O) groups excluding carboxylic acids is 1. The standard InChI is InChI=1S/C17H12ClFN2O3/c18-11-8-9(3-5-12(11)19)4-6-13(22)14-15(23)10-2-1-7-20-16(10)21-17(14)24/h1-3,5,7-8H,4,6H2,(H2,20,21,23,24). The number of aryl methyl sites for hydroxylation is 1. The fraction of sp³-hybridized carbons (Fsp3) is 0.118. The third-order valence-corrected chi connectivity index (χ3v) is 3.95. The summed E-state index contributed by atoms with van der Waals surface area (Å²) in [7, 11) is 0. The molecule has 24 heavy (non-hydrogen) atoms. The van der Waals surface area contributed by atoms with E-state index in [0.717, 1.165) is 0 Å². The van der Waals surface area contributed by atoms with E-state index in [1.54, 1.807) is 12.1 Å². The first kappa shape index (κ1) is 16.1. The van der Waals surface area contributed by atoms with Gasteiger partial charge in [0, 0.05) is 12.6 Å². The number of pyridine rings is 2. The quantitative estimate of drug-likeness (QED) is 0.710. The van der Waals surface area contributed by atoms with Crippen LogP contribution in [-0.4, -0.2) is 20.9 Å². The molecule has 0 amide bonds. The predicted molar refractivity (Wildman–Crippen MR) is 88.1 cm³/mol. The summed E-state index contributed by atoms with van der Waals surface area (Å²) < 4.78 is 13.1. The Balaban J connectivity index is 1.88. The molecule has 0 aliphatic rings. The van der Waals surface area contributed by atoms with Gasteiger partial charge in [-0.1, -0.05) is 17.7 Å². The second-order valence-corrected chi connectivity index (χ2v) is 5.66. The molecule has 0 aliphatic carbocycles. The maximum absolute atomic E-state index is 13.1. The second-order valence-electron chi connectivity index (χ2n) is 5.25. The Kier molecular flexibility index (Phi) is 4.31. The highest BCUT2D eigenvalue weighted by Crippen LogP contribution is 2.25. The van der Waals surface area contributed by atoms with Crippen molar-refractivity contribution in [2.24, 2.45) is 0 Å². The molecule has 5 nitrogen and oxygen atoms in total. The van der Waals surface area contributed by atoms with Crippen molar-refractivity contribution in [1.82, 2.24) is 9.97 Å². The van der Waals surface area contributed by atoms with E-state index < -0.39 is 17.2 Å². The fourth-order valence-electron chi connectivity index (χ4n) is 2.44. The van der Waals surface area contributed by atoms with E-state index in [9.17, 15) is 19.1 Å². The minimum atomic E-state index is -0.694. The van der Waals surface area contributed by atoms with Crippen LogP contribution in [-0.2, 0) is 6.42 Å². The molecule has 0 saturated heterocycles. The molecule has 0 spiro atoms. The molecule has 0 bridgehead atoms. The van der Waals surface area contributed by atoms with Crippen LogP contribution in [0.5, 0.6) is 5.75 Å². The van der Waals surface area contributed by atoms with Crippen molar-refractivity contribution in [3.05, 3.63) is 68.8 Å². The lowest BCUT2D eigenvalue weighted by molar-refractivity contribution is 0.0979. The normalized spacial score (nSPS) is 10.9. The van der Waals surface area contributed by atoms with Crippen LogP contribution in [0.25, 0.3) is 11.0 Å². The average molecular weight is 347 g/mol. The molecule has 3 rings (SSSR count). The third-order valence-electron chi connectivity index (χ3n) is 3.66. The Hall–Kier alpha value is -2.73. The number of rotatable bonds is 4. The maximum atomic E-state index is 13.1. The molecule has 0 atom stereocenters. The van der Waals surface area contributed by atoms with Gasteiger partial charge in [0.1, 0.15) is 22.8 Å². The molecule has 0 fully saturated rings. The number of halogens is 2. The van der Waals surface area contributed by atoms with Gasteiger partial charge < -0.3 is 10.1 Å². The Morgan fingerprint density at radius 3 is 2.88 bits per heavy atom. The van der Waals surface area contributed by atoms with Gasteiger partial charge in [-0.15, -0.1) is 0 Å². The number of hydrogen-bond donors (Lipinski definition) is 2. The van der Waals surface area contributed by atoms with Crippen LogP contribution in [0, 0.1) is 5.82 Å². The third kappa shape index (κ3) is 3.00. The van der Waals surface area contributed by atoms with Crippen molar-refractivity contribution in [2.75, 3.05) is 0 Å². The number of hydrogen-bond acceptors (Lipinski definition) is 4. The number of ketones is 1. The molecule has 122 valence electrons. The molecule has 2 aromatic heterocycles. The lowest BCUT2D eigenvalue weighted by Crippen LogP contribution is -2.19. The van der Waals surface area contributed by atoms with Crippen molar-refractivity contribution in [3.8, 4) is 5.75 Å². The lowest BCUT2D eigenvalue weighted by Gasteiger charge is -2.06. The van der Waals surface area contributed by atoms with E-state index in [0.29, 0.717) is 10.9 Å². The molecule has 0 saturated carbocycles. The monoisotopic (exact) mass is 346 g/mol. The summed E-state index contributed by atoms with van der Waals surface area (Å²) in [4.78, 5) is 30.8. The van der Waals surface area contributed by atoms with E-state index in [1.807, 2.05) is 0 Å². The number of fused-ring (bicyclic) bond motifs is 1. The minimum Gasteiger partial charge on any atom is -0.506 e. The number of Topliss-reactive ketones (excluding diaryl/α,β-unsaturated/α-hetero) is 1. The largest absolute Gasteiger partial charge is 0.506 e. The summed E-state index contributed by atoms with van der Waals surface area (Å²) in [5.41, 5.74) is -0.125. The summed E-state index contributed by atoms with van der Waals surface area (Å²) in [6, 6.07) is 7.31. The summed E-state index contributed by atoms with van der Waals surface area (Å²) in [5, 5.41) is 10.5. The number of carbonyl (C=O) groups is 1. The molecular formula is C17H12ClFN2O3. The van der Waals surface area contributed by atoms with Crippen LogP contribution in [0.2, 0.25) is 5.02 Å². The van der Waals surface area contributed by atoms with Crippen molar-refractivity contribution < 1.29 is 14.3 Å². The lowest BCUT2D eigenvalue weighted by atomic mass is 10.0. The Bertz CT molecular complexity index is 1000. The highest BCUT2D eigenvalue weighted by atomic mass is 35.5. The van der Waals surface area contributed by atoms with Crippen LogP contribution in [0.3, 0.4) is 0 Å². The zero-order valence-electron chi connectivity index (χ0n) is 12.3. The molecule has 0 unspecified atom stereocenters. The van der Waals surface area contributed by atoms with Crippen LogP contribution in [0.1, 0.15) is 22.3 Å². The van der Waals surface area contributed by atoms with Crippen LogP contribution in [0.4, 0.5) is 4.39 Å². The van der Waals surface area contributed by atoms with Crippen molar-refractivity contribution >= 4 is 28.4 Å². The number of aromatic hydroxyl groups is 1. The SMILES string of the molecule is O=C(CCc1ccc(F)c(Cl)c1)c1c(O)c2cccnc2[nH]c1=O. The topological polar surface area (TPSA) is 83.0 Å². The first-order valence-electron chi connectivity index (χ1n) is 7.14. The number of H-pyrrole nitrogens is 1. The first-order valence-corrected chi connectivity index (χ1v) is 7.52. The molecule has 1 aromatic carbocycles. The highest BCUT2D eigenvalue weighted by Gasteiger charge is 2.19. The minimum absolute atomic E-state index is 0.0234. The fourth-order valence-corrected chi connectivity index (χ4v) is 2.65. The van der Waals surface area contributed by atoms with Crippen molar-refractivity contribution in [3.63, 3.8) is 0 Å². The molecule has 2 heterocycles. The smallest absolute Gasteiger partial charge is 0.264 e. The first-order chi connectivity index (χ1) is 11.5. The molecule has 7 heteroatoms. The van der Waals surface area contributed by atoms with Gasteiger partial charge in [0.15, 0.2) is 5.78 Å². The summed E-state index contributed by atoms with van der Waals surface area (Å²) in [6.07, 6.45) is 1.71. The molecule has 0 radical (unpaired) electrons. The van der Waals surface area contributed by atoms with Gasteiger partial charge in [-0.2, -0.15) is 0 Å². The highest BCUT2D eigenvalue weighted by molar-refractivity contribution is 6.30. The maximum Gasteiger partial charge on any atom is 0.264 e. The van der Waals surface area contributed by atoms with E-state index in [2.05, 4.69) is 9.97 Å². The Morgan fingerprint density at radius 1 is 1.33 bits per heavy atom.